The van der Waals surface area contributed by atoms with Crippen LogP contribution in [0, 0.1) is 11.6 Å². The van der Waals surface area contributed by atoms with Crippen LogP contribution in [0.1, 0.15) is 17.3 Å². The normalized spacial score (nSPS) is 11.8. The van der Waals surface area contributed by atoms with Crippen LogP contribution in [0.25, 0.3) is 0 Å². The van der Waals surface area contributed by atoms with E-state index >= 15 is 0 Å². The van der Waals surface area contributed by atoms with E-state index in [4.69, 9.17) is 9.47 Å². The van der Waals surface area contributed by atoms with E-state index in [2.05, 4.69) is 6.58 Å². The molecule has 6 heteroatoms. The molecular weight excluding hydrogens is 270 g/mol. The summed E-state index contributed by atoms with van der Waals surface area (Å²) >= 11 is 0. The first-order valence-electron chi connectivity index (χ1n) is 5.83. The molecule has 20 heavy (non-hydrogen) atoms. The summed E-state index contributed by atoms with van der Waals surface area (Å²) in [4.78, 5) is 23.1. The maximum absolute atomic E-state index is 12.9. The minimum absolute atomic E-state index is 0.0728. The smallest absolute Gasteiger partial charge is 0.335 e. The third kappa shape index (κ3) is 4.55. The summed E-state index contributed by atoms with van der Waals surface area (Å²) in [7, 11) is 0. The summed E-state index contributed by atoms with van der Waals surface area (Å²) in [6.45, 7) is 4.50. The summed E-state index contributed by atoms with van der Waals surface area (Å²) < 4.78 is 35.4. The van der Waals surface area contributed by atoms with E-state index in [0.717, 1.165) is 18.2 Å². The molecule has 1 atom stereocenters. The van der Waals surface area contributed by atoms with Crippen LogP contribution in [0.5, 0.6) is 0 Å². The van der Waals surface area contributed by atoms with Gasteiger partial charge in [0.15, 0.2) is 30.1 Å². The summed E-state index contributed by atoms with van der Waals surface area (Å²) in [5.74, 6) is -3.54. The standard InChI is InChI=1S/C14H14F2O4/c1-3-6-19-9(2)14(18)20-8-13(17)10-4-5-11(15)12(16)7-10/h3-5,7,9H,1,6,8H2,2H3. The van der Waals surface area contributed by atoms with E-state index < -0.39 is 36.1 Å². The zero-order valence-electron chi connectivity index (χ0n) is 10.9. The number of carbonyl (C=O) groups excluding carboxylic acids is 2. The Morgan fingerprint density at radius 3 is 2.65 bits per heavy atom. The second kappa shape index (κ2) is 7.49. The Hall–Kier alpha value is -2.08. The molecular formula is C14H14F2O4. The molecule has 0 amide bonds. The first kappa shape index (κ1) is 16.0. The van der Waals surface area contributed by atoms with Crippen LogP contribution in [-0.4, -0.2) is 31.1 Å². The number of benzene rings is 1. The van der Waals surface area contributed by atoms with Gasteiger partial charge >= 0.3 is 5.97 Å². The summed E-state index contributed by atoms with van der Waals surface area (Å²) in [6.07, 6.45) is 0.627. The highest BCUT2D eigenvalue weighted by atomic mass is 19.2. The molecule has 1 unspecified atom stereocenters. The molecule has 0 saturated heterocycles. The van der Waals surface area contributed by atoms with Crippen molar-refractivity contribution in [1.29, 1.82) is 0 Å². The Kier molecular flexibility index (Phi) is 5.99. The molecule has 0 aliphatic heterocycles. The van der Waals surface area contributed by atoms with Crippen molar-refractivity contribution in [3.63, 3.8) is 0 Å². The minimum Gasteiger partial charge on any atom is -0.455 e. The summed E-state index contributed by atoms with van der Waals surface area (Å²) in [6, 6.07) is 2.70. The quantitative estimate of drug-likeness (QED) is 0.438. The predicted octanol–water partition coefficient (Wildman–Crippen LogP) is 2.28. The minimum atomic E-state index is -1.13. The van der Waals surface area contributed by atoms with Gasteiger partial charge in [0.1, 0.15) is 0 Å². The molecule has 0 heterocycles. The SMILES string of the molecule is C=CCOC(C)C(=O)OCC(=O)c1ccc(F)c(F)c1. The van der Waals surface area contributed by atoms with E-state index in [-0.39, 0.29) is 12.2 Å². The molecule has 0 aromatic heterocycles. The fourth-order valence-corrected chi connectivity index (χ4v) is 1.29. The Balaban J connectivity index is 2.52. The van der Waals surface area contributed by atoms with Gasteiger partial charge in [-0.3, -0.25) is 4.79 Å². The molecule has 1 rings (SSSR count). The molecule has 108 valence electrons. The average Bonchev–Trinajstić information content (AvgIpc) is 2.44. The van der Waals surface area contributed by atoms with Gasteiger partial charge in [0.2, 0.25) is 0 Å². The van der Waals surface area contributed by atoms with Gasteiger partial charge in [0.25, 0.3) is 0 Å². The lowest BCUT2D eigenvalue weighted by Gasteiger charge is -2.11. The van der Waals surface area contributed by atoms with E-state index in [1.165, 1.54) is 13.0 Å². The lowest BCUT2D eigenvalue weighted by Crippen LogP contribution is -2.26. The largest absolute Gasteiger partial charge is 0.455 e. The molecule has 0 bridgehead atoms. The van der Waals surface area contributed by atoms with Crippen molar-refractivity contribution in [2.75, 3.05) is 13.2 Å². The number of ether oxygens (including phenoxy) is 2. The van der Waals surface area contributed by atoms with Gasteiger partial charge in [-0.25, -0.2) is 13.6 Å². The monoisotopic (exact) mass is 284 g/mol. The zero-order valence-corrected chi connectivity index (χ0v) is 10.9. The number of Topliss-reactive ketones (excluding diaryl/α,β-unsaturated/α-hetero) is 1. The number of carbonyl (C=O) groups is 2. The predicted molar refractivity (Wildman–Crippen MR) is 67.3 cm³/mol. The van der Waals surface area contributed by atoms with Crippen molar-refractivity contribution < 1.29 is 27.8 Å². The van der Waals surface area contributed by atoms with Crippen LogP contribution in [-0.2, 0) is 14.3 Å². The van der Waals surface area contributed by atoms with E-state index in [9.17, 15) is 18.4 Å². The van der Waals surface area contributed by atoms with Gasteiger partial charge in [-0.15, -0.1) is 6.58 Å². The number of esters is 1. The highest BCUT2D eigenvalue weighted by molar-refractivity contribution is 5.98. The Morgan fingerprint density at radius 2 is 2.05 bits per heavy atom. The number of halogens is 2. The fraction of sp³-hybridized carbons (Fsp3) is 0.286. The molecule has 4 nitrogen and oxygen atoms in total. The van der Waals surface area contributed by atoms with Crippen molar-refractivity contribution >= 4 is 11.8 Å². The maximum atomic E-state index is 12.9. The number of hydrogen-bond donors (Lipinski definition) is 0. The van der Waals surface area contributed by atoms with Gasteiger partial charge in [0.05, 0.1) is 6.61 Å². The van der Waals surface area contributed by atoms with Crippen LogP contribution in [0.3, 0.4) is 0 Å². The number of rotatable bonds is 7. The van der Waals surface area contributed by atoms with Crippen molar-refractivity contribution in [2.24, 2.45) is 0 Å². The van der Waals surface area contributed by atoms with Gasteiger partial charge in [-0.2, -0.15) is 0 Å². The molecule has 0 N–H and O–H groups in total. The molecule has 1 aromatic rings. The van der Waals surface area contributed by atoms with Crippen LogP contribution < -0.4 is 0 Å². The molecule has 0 spiro atoms. The third-order valence-electron chi connectivity index (χ3n) is 2.38. The Bertz CT molecular complexity index is 514. The van der Waals surface area contributed by atoms with Gasteiger partial charge < -0.3 is 9.47 Å². The Labute approximate surface area is 115 Å². The molecule has 0 aliphatic carbocycles. The van der Waals surface area contributed by atoms with Crippen molar-refractivity contribution in [1.82, 2.24) is 0 Å². The van der Waals surface area contributed by atoms with Crippen LogP contribution in [0.15, 0.2) is 30.9 Å². The first-order valence-corrected chi connectivity index (χ1v) is 5.83. The fourth-order valence-electron chi connectivity index (χ4n) is 1.29. The van der Waals surface area contributed by atoms with E-state index in [0.29, 0.717) is 0 Å². The average molecular weight is 284 g/mol. The van der Waals surface area contributed by atoms with Gasteiger partial charge in [-0.05, 0) is 25.1 Å². The third-order valence-corrected chi connectivity index (χ3v) is 2.38. The number of hydrogen-bond acceptors (Lipinski definition) is 4. The second-order valence-corrected chi connectivity index (χ2v) is 3.92. The maximum Gasteiger partial charge on any atom is 0.335 e. The number of ketones is 1. The van der Waals surface area contributed by atoms with Gasteiger partial charge in [-0.1, -0.05) is 6.08 Å². The van der Waals surface area contributed by atoms with Crippen LogP contribution in [0.4, 0.5) is 8.78 Å². The highest BCUT2D eigenvalue weighted by Gasteiger charge is 2.17. The molecule has 0 radical (unpaired) electrons. The lowest BCUT2D eigenvalue weighted by molar-refractivity contribution is -0.154. The summed E-state index contributed by atoms with van der Waals surface area (Å²) in [5.41, 5.74) is -0.0728. The Morgan fingerprint density at radius 1 is 1.35 bits per heavy atom. The lowest BCUT2D eigenvalue weighted by atomic mass is 10.1. The zero-order chi connectivity index (χ0) is 15.1. The first-order chi connectivity index (χ1) is 9.45. The topological polar surface area (TPSA) is 52.6 Å². The highest BCUT2D eigenvalue weighted by Crippen LogP contribution is 2.09. The van der Waals surface area contributed by atoms with Crippen molar-refractivity contribution in [2.45, 2.75) is 13.0 Å². The molecule has 0 saturated carbocycles. The van der Waals surface area contributed by atoms with Crippen LogP contribution >= 0.6 is 0 Å². The van der Waals surface area contributed by atoms with E-state index in [1.54, 1.807) is 0 Å². The van der Waals surface area contributed by atoms with Crippen LogP contribution in [0.2, 0.25) is 0 Å². The summed E-state index contributed by atoms with van der Waals surface area (Å²) in [5, 5.41) is 0. The van der Waals surface area contributed by atoms with E-state index in [1.807, 2.05) is 0 Å². The van der Waals surface area contributed by atoms with Crippen molar-refractivity contribution in [3.8, 4) is 0 Å². The molecule has 0 aliphatic rings. The van der Waals surface area contributed by atoms with Crippen molar-refractivity contribution in [3.05, 3.63) is 48.1 Å². The molecule has 1 aromatic carbocycles. The second-order valence-electron chi connectivity index (χ2n) is 3.92. The molecule has 0 fully saturated rings. The van der Waals surface area contributed by atoms with Gasteiger partial charge in [0, 0.05) is 5.56 Å².